The molecule has 0 aliphatic heterocycles. The molecule has 0 heterocycles. The first-order valence-electron chi connectivity index (χ1n) is 10.6. The molecule has 2 aromatic carbocycles. The second-order valence-electron chi connectivity index (χ2n) is 7.54. The summed E-state index contributed by atoms with van der Waals surface area (Å²) >= 11 is 0. The van der Waals surface area contributed by atoms with Crippen molar-refractivity contribution in [1.29, 1.82) is 0 Å². The molecule has 0 unspecified atom stereocenters. The van der Waals surface area contributed by atoms with Gasteiger partial charge in [0.2, 0.25) is 0 Å². The fraction of sp³-hybridized carbons (Fsp3) is 0.391. The molecule has 38 heavy (non-hydrogen) atoms. The van der Waals surface area contributed by atoms with Gasteiger partial charge in [0.05, 0.1) is 6.54 Å². The van der Waals surface area contributed by atoms with Gasteiger partial charge in [-0.2, -0.15) is 26.3 Å². The number of ether oxygens (including phenoxy) is 4. The molecule has 0 saturated carbocycles. The Morgan fingerprint density at radius 1 is 0.816 bits per heavy atom. The molecule has 0 radical (unpaired) electrons. The third-order valence-corrected chi connectivity index (χ3v) is 5.37. The molecule has 0 saturated heterocycles. The summed E-state index contributed by atoms with van der Waals surface area (Å²) in [4.78, 5) is 28.0. The van der Waals surface area contributed by atoms with E-state index in [0.717, 1.165) is 24.3 Å². The molecular weight excluding hydrogens is 528 g/mol. The summed E-state index contributed by atoms with van der Waals surface area (Å²) in [6.07, 6.45) is -12.6. The van der Waals surface area contributed by atoms with E-state index >= 15 is 0 Å². The highest BCUT2D eigenvalue weighted by molar-refractivity contribution is 5.84. The highest BCUT2D eigenvalue weighted by atomic mass is 19.4. The van der Waals surface area contributed by atoms with E-state index in [0.29, 0.717) is 14.2 Å². The summed E-state index contributed by atoms with van der Waals surface area (Å²) < 4.78 is 103. The molecule has 206 valence electrons. The highest BCUT2D eigenvalue weighted by Gasteiger charge is 2.65. The van der Waals surface area contributed by atoms with Crippen molar-refractivity contribution in [2.75, 3.05) is 27.4 Å². The van der Waals surface area contributed by atoms with Gasteiger partial charge in [-0.3, -0.25) is 0 Å². The Hall–Kier alpha value is -3.81. The van der Waals surface area contributed by atoms with Gasteiger partial charge >= 0.3 is 24.3 Å². The number of alkyl halides is 6. The van der Waals surface area contributed by atoms with Crippen molar-refractivity contribution in [3.63, 3.8) is 0 Å². The monoisotopic (exact) mass is 549 g/mol. The third kappa shape index (κ3) is 5.85. The molecule has 2 aromatic rings. The molecule has 0 fully saturated rings. The lowest BCUT2D eigenvalue weighted by Crippen LogP contribution is -2.54. The van der Waals surface area contributed by atoms with Crippen LogP contribution in [0.2, 0.25) is 0 Å². The van der Waals surface area contributed by atoms with E-state index in [1.807, 2.05) is 0 Å². The maximum absolute atomic E-state index is 14.1. The standard InChI is InChI=1S/C23H21F6N3O6/c1-35-20(22(24,25)26,15-9-5-3-6-10-15)18(33)37-14-17(13-31-32-30)38-19(34)21(36-2,23(27,28)29)16-11-7-4-8-12-16/h3-12,17H,13-14H2,1-2H3/t17-,20+,21+/m0/s1. The highest BCUT2D eigenvalue weighted by Crippen LogP contribution is 2.44. The number of rotatable bonds is 11. The van der Waals surface area contributed by atoms with E-state index in [1.165, 1.54) is 36.4 Å². The molecule has 9 nitrogen and oxygen atoms in total. The van der Waals surface area contributed by atoms with Crippen LogP contribution in [0.25, 0.3) is 10.4 Å². The fourth-order valence-corrected chi connectivity index (χ4v) is 3.53. The molecule has 0 amide bonds. The molecule has 0 spiro atoms. The van der Waals surface area contributed by atoms with Gasteiger partial charge in [-0.15, -0.1) is 0 Å². The van der Waals surface area contributed by atoms with Gasteiger partial charge in [-0.05, 0) is 5.53 Å². The van der Waals surface area contributed by atoms with Gasteiger partial charge in [-0.1, -0.05) is 65.8 Å². The number of nitrogens with zero attached hydrogens (tertiary/aromatic N) is 3. The number of halogens is 6. The van der Waals surface area contributed by atoms with Crippen molar-refractivity contribution < 1.29 is 54.9 Å². The Morgan fingerprint density at radius 3 is 1.61 bits per heavy atom. The van der Waals surface area contributed by atoms with E-state index in [2.05, 4.69) is 19.5 Å². The minimum absolute atomic E-state index is 0.598. The van der Waals surface area contributed by atoms with E-state index in [-0.39, 0.29) is 0 Å². The van der Waals surface area contributed by atoms with E-state index < -0.39 is 65.9 Å². The number of azide groups is 1. The van der Waals surface area contributed by atoms with Crippen LogP contribution in [0.5, 0.6) is 0 Å². The first-order valence-corrected chi connectivity index (χ1v) is 10.6. The quantitative estimate of drug-likeness (QED) is 0.129. The Labute approximate surface area is 211 Å². The van der Waals surface area contributed by atoms with Gasteiger partial charge in [0.15, 0.2) is 0 Å². The van der Waals surface area contributed by atoms with Gasteiger partial charge in [0.1, 0.15) is 12.7 Å². The van der Waals surface area contributed by atoms with Crippen LogP contribution in [-0.2, 0) is 39.7 Å². The van der Waals surface area contributed by atoms with Crippen molar-refractivity contribution in [1.82, 2.24) is 0 Å². The largest absolute Gasteiger partial charge is 0.459 e. The summed E-state index contributed by atoms with van der Waals surface area (Å²) in [6.45, 7) is -2.11. The van der Waals surface area contributed by atoms with E-state index in [9.17, 15) is 35.9 Å². The van der Waals surface area contributed by atoms with Crippen LogP contribution in [0, 0.1) is 0 Å². The zero-order valence-corrected chi connectivity index (χ0v) is 19.8. The Balaban J connectivity index is 2.40. The molecule has 2 rings (SSSR count). The predicted octanol–water partition coefficient (Wildman–Crippen LogP) is 4.96. The van der Waals surface area contributed by atoms with Crippen LogP contribution >= 0.6 is 0 Å². The zero-order valence-electron chi connectivity index (χ0n) is 19.8. The number of carbonyl (C=O) groups is 2. The van der Waals surface area contributed by atoms with Crippen molar-refractivity contribution >= 4 is 11.9 Å². The molecule has 0 aliphatic rings. The Kier molecular flexibility index (Phi) is 9.73. The average molecular weight is 549 g/mol. The lowest BCUT2D eigenvalue weighted by atomic mass is 9.92. The zero-order chi connectivity index (χ0) is 28.6. The molecule has 0 N–H and O–H groups in total. The maximum Gasteiger partial charge on any atom is 0.432 e. The SMILES string of the molecule is CO[C@@](C(=O)OC[C@H](CN=[N+]=[N-])OC(=O)[C@](OC)(c1ccccc1)C(F)(F)F)(c1ccccc1)C(F)(F)F. The number of esters is 2. The summed E-state index contributed by atoms with van der Waals surface area (Å²) in [6, 6.07) is 11.4. The molecule has 15 heteroatoms. The first-order chi connectivity index (χ1) is 17.8. The van der Waals surface area contributed by atoms with Crippen molar-refractivity contribution in [2.45, 2.75) is 29.7 Å². The number of hydrogen-bond donors (Lipinski definition) is 0. The van der Waals surface area contributed by atoms with Crippen LogP contribution in [0.4, 0.5) is 26.3 Å². The van der Waals surface area contributed by atoms with Gasteiger partial charge in [0, 0.05) is 30.3 Å². The predicted molar refractivity (Wildman–Crippen MR) is 117 cm³/mol. The number of carbonyl (C=O) groups excluding carboxylic acids is 2. The Morgan fingerprint density at radius 2 is 1.24 bits per heavy atom. The van der Waals surface area contributed by atoms with Crippen molar-refractivity contribution in [3.8, 4) is 0 Å². The second-order valence-corrected chi connectivity index (χ2v) is 7.54. The normalized spacial score (nSPS) is 15.8. The number of hydrogen-bond acceptors (Lipinski definition) is 7. The average Bonchev–Trinajstić information content (AvgIpc) is 2.86. The van der Waals surface area contributed by atoms with Gasteiger partial charge < -0.3 is 18.9 Å². The minimum Gasteiger partial charge on any atom is -0.459 e. The smallest absolute Gasteiger partial charge is 0.432 e. The molecule has 0 aromatic heterocycles. The lowest BCUT2D eigenvalue weighted by molar-refractivity contribution is -0.282. The summed E-state index contributed by atoms with van der Waals surface area (Å²) in [7, 11) is 1.20. The van der Waals surface area contributed by atoms with Crippen LogP contribution in [0.1, 0.15) is 11.1 Å². The van der Waals surface area contributed by atoms with E-state index in [1.54, 1.807) is 0 Å². The third-order valence-electron chi connectivity index (χ3n) is 5.37. The lowest BCUT2D eigenvalue weighted by Gasteiger charge is -2.34. The fourth-order valence-electron chi connectivity index (χ4n) is 3.53. The van der Waals surface area contributed by atoms with Crippen LogP contribution in [-0.4, -0.2) is 57.8 Å². The minimum atomic E-state index is -5.37. The van der Waals surface area contributed by atoms with Crippen molar-refractivity contribution in [3.05, 3.63) is 82.2 Å². The number of methoxy groups -OCH3 is 2. The van der Waals surface area contributed by atoms with Gasteiger partial charge in [0.25, 0.3) is 11.2 Å². The summed E-state index contributed by atoms with van der Waals surface area (Å²) in [5, 5.41) is 3.07. The van der Waals surface area contributed by atoms with E-state index in [4.69, 9.17) is 15.0 Å². The number of benzene rings is 2. The molecule has 0 aliphatic carbocycles. The maximum atomic E-state index is 14.1. The first kappa shape index (κ1) is 30.4. The van der Waals surface area contributed by atoms with Gasteiger partial charge in [-0.25, -0.2) is 9.59 Å². The van der Waals surface area contributed by atoms with Crippen LogP contribution in [0.15, 0.2) is 65.8 Å². The topological polar surface area (TPSA) is 120 Å². The molecule has 3 atom stereocenters. The molecule has 0 bridgehead atoms. The molecular formula is C23H21F6N3O6. The Bertz CT molecular complexity index is 1140. The van der Waals surface area contributed by atoms with Crippen LogP contribution < -0.4 is 0 Å². The van der Waals surface area contributed by atoms with Crippen molar-refractivity contribution in [2.24, 2.45) is 5.11 Å². The second kappa shape index (κ2) is 12.2. The summed E-state index contributed by atoms with van der Waals surface area (Å²) in [5.41, 5.74) is 0.0109. The van der Waals surface area contributed by atoms with Crippen LogP contribution in [0.3, 0.4) is 0 Å². The summed E-state index contributed by atoms with van der Waals surface area (Å²) in [5.74, 6) is -4.04.